The first-order chi connectivity index (χ1) is 13.6. The number of anilines is 1. The zero-order valence-electron chi connectivity index (χ0n) is 15.4. The molecular weight excluding hydrogens is 398 g/mol. The summed E-state index contributed by atoms with van der Waals surface area (Å²) in [7, 11) is 0. The Morgan fingerprint density at radius 1 is 1.21 bits per heavy atom. The second-order valence-corrected chi connectivity index (χ2v) is 8.24. The minimum absolute atomic E-state index is 0.245. The lowest BCUT2D eigenvalue weighted by atomic mass is 10.1. The lowest BCUT2D eigenvalue weighted by Gasteiger charge is -2.08. The largest absolute Gasteiger partial charge is 0.462 e. The molecule has 7 nitrogen and oxygen atoms in total. The van der Waals surface area contributed by atoms with Crippen LogP contribution in [0.1, 0.15) is 51.9 Å². The third-order valence-corrected chi connectivity index (χ3v) is 6.25. The Morgan fingerprint density at radius 3 is 2.79 bits per heavy atom. The molecule has 3 rings (SSSR count). The molecule has 148 valence electrons. The Balaban J connectivity index is 1.74. The van der Waals surface area contributed by atoms with Gasteiger partial charge in [0.05, 0.1) is 18.4 Å². The normalized spacial score (nSPS) is 13.6. The van der Waals surface area contributed by atoms with Gasteiger partial charge in [-0.2, -0.15) is 5.10 Å². The highest BCUT2D eigenvalue weighted by molar-refractivity contribution is 7.17. The maximum absolute atomic E-state index is 12.5. The number of nitrogens with one attached hydrogen (secondary N) is 2. The Kier molecular flexibility index (Phi) is 6.94. The number of hydrogen-bond acceptors (Lipinski definition) is 7. The van der Waals surface area contributed by atoms with Crippen LogP contribution in [0.25, 0.3) is 0 Å². The highest BCUT2D eigenvalue weighted by Gasteiger charge is 2.27. The van der Waals surface area contributed by atoms with E-state index in [1.807, 2.05) is 17.5 Å². The molecule has 0 bridgehead atoms. The molecule has 28 heavy (non-hydrogen) atoms. The summed E-state index contributed by atoms with van der Waals surface area (Å²) < 4.78 is 5.18. The summed E-state index contributed by atoms with van der Waals surface area (Å²) in [6, 6.07) is 3.70. The van der Waals surface area contributed by atoms with E-state index in [-0.39, 0.29) is 6.61 Å². The number of carbonyl (C=O) groups excluding carboxylic acids is 3. The van der Waals surface area contributed by atoms with E-state index in [0.29, 0.717) is 10.6 Å². The van der Waals surface area contributed by atoms with Crippen LogP contribution in [0.2, 0.25) is 0 Å². The van der Waals surface area contributed by atoms with Gasteiger partial charge >= 0.3 is 17.8 Å². The number of nitrogens with zero attached hydrogens (tertiary/aromatic N) is 1. The highest BCUT2D eigenvalue weighted by atomic mass is 32.1. The molecule has 0 aromatic carbocycles. The first-order valence-corrected chi connectivity index (χ1v) is 10.8. The molecular formula is C19H21N3O4S2. The van der Waals surface area contributed by atoms with Crippen LogP contribution in [-0.4, -0.2) is 30.6 Å². The molecule has 1 aliphatic rings. The molecule has 1 aliphatic carbocycles. The van der Waals surface area contributed by atoms with Gasteiger partial charge in [-0.1, -0.05) is 12.5 Å². The molecule has 0 fully saturated rings. The van der Waals surface area contributed by atoms with Gasteiger partial charge in [0.1, 0.15) is 5.00 Å². The van der Waals surface area contributed by atoms with Gasteiger partial charge in [0.2, 0.25) is 0 Å². The van der Waals surface area contributed by atoms with Gasteiger partial charge in [-0.15, -0.1) is 22.7 Å². The van der Waals surface area contributed by atoms with Crippen LogP contribution in [-0.2, 0) is 27.2 Å². The fourth-order valence-corrected chi connectivity index (χ4v) is 4.84. The van der Waals surface area contributed by atoms with Gasteiger partial charge in [0, 0.05) is 9.75 Å². The molecule has 2 aromatic heterocycles. The van der Waals surface area contributed by atoms with Gasteiger partial charge in [-0.3, -0.25) is 9.59 Å². The molecule has 2 N–H and O–H groups in total. The van der Waals surface area contributed by atoms with E-state index >= 15 is 0 Å². The molecule has 0 spiro atoms. The summed E-state index contributed by atoms with van der Waals surface area (Å²) in [6.45, 7) is 1.98. The molecule has 0 saturated carbocycles. The van der Waals surface area contributed by atoms with Crippen LogP contribution in [0.15, 0.2) is 22.6 Å². The van der Waals surface area contributed by atoms with Crippen molar-refractivity contribution in [1.82, 2.24) is 5.43 Å². The Hall–Kier alpha value is -2.52. The fourth-order valence-electron chi connectivity index (χ4n) is 2.98. The van der Waals surface area contributed by atoms with E-state index in [2.05, 4.69) is 15.8 Å². The SMILES string of the molecule is CCOC(=O)c1c(NC(=O)C(=O)N/N=C/c2cccs2)sc2c1CCCCC2. The minimum atomic E-state index is -0.897. The number of hydrogen-bond donors (Lipinski definition) is 2. The molecule has 2 amide bonds. The van der Waals surface area contributed by atoms with Crippen molar-refractivity contribution >= 4 is 51.7 Å². The first kappa shape index (κ1) is 20.2. The average molecular weight is 420 g/mol. The van der Waals surface area contributed by atoms with Crippen LogP contribution in [0.3, 0.4) is 0 Å². The Morgan fingerprint density at radius 2 is 2.04 bits per heavy atom. The van der Waals surface area contributed by atoms with Gasteiger partial charge in [-0.25, -0.2) is 10.2 Å². The number of ether oxygens (including phenoxy) is 1. The summed E-state index contributed by atoms with van der Waals surface area (Å²) in [4.78, 5) is 38.7. The minimum Gasteiger partial charge on any atom is -0.462 e. The second kappa shape index (κ2) is 9.61. The van der Waals surface area contributed by atoms with Gasteiger partial charge in [-0.05, 0) is 49.6 Å². The summed E-state index contributed by atoms with van der Waals surface area (Å²) >= 11 is 2.81. The highest BCUT2D eigenvalue weighted by Crippen LogP contribution is 2.38. The smallest absolute Gasteiger partial charge is 0.341 e. The van der Waals surface area contributed by atoms with Crippen molar-refractivity contribution in [2.75, 3.05) is 11.9 Å². The molecule has 0 radical (unpaired) electrons. The standard InChI is InChI=1S/C19H21N3O4S2/c1-2-26-19(25)15-13-8-4-3-5-9-14(13)28-18(15)21-16(23)17(24)22-20-11-12-7-6-10-27-12/h6-7,10-11H,2-5,8-9H2,1H3,(H,21,23)(H,22,24)/b20-11+. The summed E-state index contributed by atoms with van der Waals surface area (Å²) in [5.41, 5.74) is 3.52. The number of amides is 2. The van der Waals surface area contributed by atoms with Crippen LogP contribution in [0.5, 0.6) is 0 Å². The van der Waals surface area contributed by atoms with Crippen molar-refractivity contribution in [2.24, 2.45) is 5.10 Å². The number of aryl methyl sites for hydroxylation is 1. The monoisotopic (exact) mass is 419 g/mol. The zero-order chi connectivity index (χ0) is 19.9. The van der Waals surface area contributed by atoms with E-state index in [9.17, 15) is 14.4 Å². The van der Waals surface area contributed by atoms with Crippen LogP contribution in [0, 0.1) is 0 Å². The van der Waals surface area contributed by atoms with Crippen LogP contribution < -0.4 is 10.7 Å². The molecule has 0 aliphatic heterocycles. The van der Waals surface area contributed by atoms with E-state index in [0.717, 1.165) is 47.4 Å². The van der Waals surface area contributed by atoms with Crippen molar-refractivity contribution in [1.29, 1.82) is 0 Å². The third kappa shape index (κ3) is 4.85. The predicted octanol–water partition coefficient (Wildman–Crippen LogP) is 3.34. The maximum Gasteiger partial charge on any atom is 0.341 e. The molecule has 9 heteroatoms. The van der Waals surface area contributed by atoms with Gasteiger partial charge in [0.15, 0.2) is 0 Å². The van der Waals surface area contributed by atoms with E-state index in [1.165, 1.54) is 28.9 Å². The van der Waals surface area contributed by atoms with Gasteiger partial charge in [0.25, 0.3) is 0 Å². The number of thiophene rings is 2. The number of hydrazone groups is 1. The summed E-state index contributed by atoms with van der Waals surface area (Å²) in [6.07, 6.45) is 6.23. The molecule has 0 saturated heterocycles. The van der Waals surface area contributed by atoms with Crippen molar-refractivity contribution in [2.45, 2.75) is 39.0 Å². The van der Waals surface area contributed by atoms with Crippen molar-refractivity contribution in [3.8, 4) is 0 Å². The molecule has 0 atom stereocenters. The summed E-state index contributed by atoms with van der Waals surface area (Å²) in [5.74, 6) is -2.23. The number of esters is 1. The lowest BCUT2D eigenvalue weighted by Crippen LogP contribution is -2.32. The quantitative estimate of drug-likeness (QED) is 0.255. The van der Waals surface area contributed by atoms with E-state index in [4.69, 9.17) is 4.74 Å². The fraction of sp³-hybridized carbons (Fsp3) is 0.368. The topological polar surface area (TPSA) is 96.9 Å². The maximum atomic E-state index is 12.5. The third-order valence-electron chi connectivity index (χ3n) is 4.24. The molecule has 2 aromatic rings. The van der Waals surface area contributed by atoms with Crippen LogP contribution >= 0.6 is 22.7 Å². The van der Waals surface area contributed by atoms with E-state index in [1.54, 1.807) is 6.92 Å². The Bertz CT molecular complexity index is 887. The van der Waals surface area contributed by atoms with Crippen LogP contribution in [0.4, 0.5) is 5.00 Å². The second-order valence-electron chi connectivity index (χ2n) is 6.16. The molecule has 2 heterocycles. The predicted molar refractivity (Wildman–Crippen MR) is 110 cm³/mol. The lowest BCUT2D eigenvalue weighted by molar-refractivity contribution is -0.136. The number of rotatable bonds is 5. The summed E-state index contributed by atoms with van der Waals surface area (Å²) in [5, 5.41) is 8.59. The van der Waals surface area contributed by atoms with Crippen molar-refractivity contribution in [3.05, 3.63) is 38.4 Å². The Labute approximate surface area is 170 Å². The number of carbonyl (C=O) groups is 3. The zero-order valence-corrected chi connectivity index (χ0v) is 17.1. The molecule has 0 unspecified atom stereocenters. The van der Waals surface area contributed by atoms with Crippen molar-refractivity contribution in [3.63, 3.8) is 0 Å². The van der Waals surface area contributed by atoms with Crippen molar-refractivity contribution < 1.29 is 19.1 Å². The van der Waals surface area contributed by atoms with Gasteiger partial charge < -0.3 is 10.1 Å². The first-order valence-electron chi connectivity index (χ1n) is 9.09. The average Bonchev–Trinajstić information content (AvgIpc) is 3.24. The number of fused-ring (bicyclic) bond motifs is 1. The van der Waals surface area contributed by atoms with E-state index < -0.39 is 17.8 Å².